The molecule has 1 aliphatic rings. The van der Waals surface area contributed by atoms with Crippen LogP contribution in [0, 0.1) is 5.82 Å². The maximum Gasteiger partial charge on any atom is 0.315 e. The van der Waals surface area contributed by atoms with E-state index in [-0.39, 0.29) is 23.9 Å². The van der Waals surface area contributed by atoms with E-state index in [1.807, 2.05) is 30.3 Å². The molecule has 2 N–H and O–H groups in total. The molecule has 3 nitrogen and oxygen atoms in total. The first kappa shape index (κ1) is 14.6. The van der Waals surface area contributed by atoms with E-state index in [0.29, 0.717) is 5.56 Å². The second-order valence-corrected chi connectivity index (χ2v) is 5.70. The first-order valence-corrected chi connectivity index (χ1v) is 7.55. The average molecular weight is 298 g/mol. The number of carbonyl (C=O) groups is 1. The van der Waals surface area contributed by atoms with E-state index in [0.717, 1.165) is 24.8 Å². The van der Waals surface area contributed by atoms with Gasteiger partial charge in [0.25, 0.3) is 0 Å². The van der Waals surface area contributed by atoms with Crippen LogP contribution in [-0.2, 0) is 12.1 Å². The van der Waals surface area contributed by atoms with Gasteiger partial charge in [-0.25, -0.2) is 9.18 Å². The molecule has 22 heavy (non-hydrogen) atoms. The van der Waals surface area contributed by atoms with Crippen molar-refractivity contribution in [3.05, 3.63) is 71.5 Å². The van der Waals surface area contributed by atoms with Crippen LogP contribution in [-0.4, -0.2) is 6.03 Å². The lowest BCUT2D eigenvalue weighted by Crippen LogP contribution is -2.53. The van der Waals surface area contributed by atoms with Crippen LogP contribution in [0.15, 0.2) is 54.6 Å². The second-order valence-electron chi connectivity index (χ2n) is 5.70. The maximum atomic E-state index is 13.5. The van der Waals surface area contributed by atoms with Crippen LogP contribution >= 0.6 is 0 Å². The molecule has 2 aromatic rings. The minimum atomic E-state index is -0.302. The highest BCUT2D eigenvalue weighted by atomic mass is 19.1. The number of urea groups is 1. The Morgan fingerprint density at radius 3 is 2.36 bits per heavy atom. The summed E-state index contributed by atoms with van der Waals surface area (Å²) in [5, 5.41) is 5.81. The molecule has 0 bridgehead atoms. The Bertz CT molecular complexity index is 653. The van der Waals surface area contributed by atoms with Gasteiger partial charge in [-0.2, -0.15) is 0 Å². The number of rotatable bonds is 4. The minimum absolute atomic E-state index is 0.184. The lowest BCUT2D eigenvalue weighted by atomic mass is 9.72. The zero-order chi connectivity index (χ0) is 15.4. The SMILES string of the molecule is O=C(NCc1ccccc1F)NC1(c2ccccc2)CCC1. The fraction of sp³-hybridized carbons (Fsp3) is 0.278. The molecule has 4 heteroatoms. The third-order valence-electron chi connectivity index (χ3n) is 4.28. The van der Waals surface area contributed by atoms with Crippen molar-refractivity contribution in [1.82, 2.24) is 10.6 Å². The number of benzene rings is 2. The highest BCUT2D eigenvalue weighted by Gasteiger charge is 2.39. The van der Waals surface area contributed by atoms with Crippen molar-refractivity contribution in [2.45, 2.75) is 31.3 Å². The fourth-order valence-electron chi connectivity index (χ4n) is 2.85. The number of amides is 2. The molecule has 2 amide bonds. The van der Waals surface area contributed by atoms with Gasteiger partial charge in [-0.3, -0.25) is 0 Å². The first-order valence-electron chi connectivity index (χ1n) is 7.55. The standard InChI is InChI=1S/C18H19FN2O/c19-16-10-5-4-7-14(16)13-20-17(22)21-18(11-6-12-18)15-8-2-1-3-9-15/h1-5,7-10H,6,11-13H2,(H2,20,21,22). The average Bonchev–Trinajstić information content (AvgIpc) is 2.51. The van der Waals surface area contributed by atoms with Gasteiger partial charge < -0.3 is 10.6 Å². The van der Waals surface area contributed by atoms with Gasteiger partial charge in [0.1, 0.15) is 5.82 Å². The third kappa shape index (κ3) is 2.96. The molecule has 3 rings (SSSR count). The van der Waals surface area contributed by atoms with Crippen molar-refractivity contribution < 1.29 is 9.18 Å². The predicted octanol–water partition coefficient (Wildman–Crippen LogP) is 3.70. The summed E-state index contributed by atoms with van der Waals surface area (Å²) in [6.45, 7) is 0.184. The van der Waals surface area contributed by atoms with Gasteiger partial charge in [0.05, 0.1) is 5.54 Å². The zero-order valence-electron chi connectivity index (χ0n) is 12.3. The Balaban J connectivity index is 1.63. The van der Waals surface area contributed by atoms with Crippen molar-refractivity contribution in [2.75, 3.05) is 0 Å². The molecule has 1 aliphatic carbocycles. The summed E-state index contributed by atoms with van der Waals surface area (Å²) in [5.41, 5.74) is 1.34. The maximum absolute atomic E-state index is 13.5. The van der Waals surface area contributed by atoms with Crippen molar-refractivity contribution >= 4 is 6.03 Å². The van der Waals surface area contributed by atoms with E-state index in [4.69, 9.17) is 0 Å². The van der Waals surface area contributed by atoms with Crippen LogP contribution in [0.1, 0.15) is 30.4 Å². The molecule has 1 saturated carbocycles. The molecule has 0 unspecified atom stereocenters. The van der Waals surface area contributed by atoms with E-state index < -0.39 is 0 Å². The molecule has 114 valence electrons. The number of nitrogens with one attached hydrogen (secondary N) is 2. The Labute approximate surface area is 129 Å². The molecule has 1 fully saturated rings. The van der Waals surface area contributed by atoms with Gasteiger partial charge in [-0.15, -0.1) is 0 Å². The normalized spacial score (nSPS) is 15.7. The van der Waals surface area contributed by atoms with Crippen molar-refractivity contribution in [2.24, 2.45) is 0 Å². The van der Waals surface area contributed by atoms with E-state index in [2.05, 4.69) is 10.6 Å². The van der Waals surface area contributed by atoms with Crippen LogP contribution in [0.3, 0.4) is 0 Å². The molecular weight excluding hydrogens is 279 g/mol. The third-order valence-corrected chi connectivity index (χ3v) is 4.28. The smallest absolute Gasteiger partial charge is 0.315 e. The molecule has 0 saturated heterocycles. The van der Waals surface area contributed by atoms with Crippen LogP contribution in [0.2, 0.25) is 0 Å². The lowest BCUT2D eigenvalue weighted by molar-refractivity contribution is 0.177. The summed E-state index contributed by atoms with van der Waals surface area (Å²) in [7, 11) is 0. The minimum Gasteiger partial charge on any atom is -0.334 e. The van der Waals surface area contributed by atoms with Gasteiger partial charge in [0.2, 0.25) is 0 Å². The molecular formula is C18H19FN2O. The van der Waals surface area contributed by atoms with Gasteiger partial charge >= 0.3 is 6.03 Å². The Hall–Kier alpha value is -2.36. The fourth-order valence-corrected chi connectivity index (χ4v) is 2.85. The van der Waals surface area contributed by atoms with Crippen LogP contribution < -0.4 is 10.6 Å². The molecule has 0 aromatic heterocycles. The predicted molar refractivity (Wildman–Crippen MR) is 83.7 cm³/mol. The number of halogens is 1. The lowest BCUT2D eigenvalue weighted by Gasteiger charge is -2.43. The van der Waals surface area contributed by atoms with E-state index in [1.165, 1.54) is 6.07 Å². The van der Waals surface area contributed by atoms with Crippen LogP contribution in [0.5, 0.6) is 0 Å². The molecule has 0 atom stereocenters. The van der Waals surface area contributed by atoms with E-state index in [9.17, 15) is 9.18 Å². The summed E-state index contributed by atoms with van der Waals surface area (Å²) in [6.07, 6.45) is 2.97. The van der Waals surface area contributed by atoms with E-state index >= 15 is 0 Å². The number of hydrogen-bond acceptors (Lipinski definition) is 1. The highest BCUT2D eigenvalue weighted by molar-refractivity contribution is 5.75. The van der Waals surface area contributed by atoms with Crippen molar-refractivity contribution in [3.63, 3.8) is 0 Å². The molecule has 0 heterocycles. The van der Waals surface area contributed by atoms with Crippen LogP contribution in [0.4, 0.5) is 9.18 Å². The van der Waals surface area contributed by atoms with Crippen molar-refractivity contribution in [1.29, 1.82) is 0 Å². The summed E-state index contributed by atoms with van der Waals surface area (Å²) in [6, 6.07) is 16.2. The molecule has 2 aromatic carbocycles. The summed E-state index contributed by atoms with van der Waals surface area (Å²) >= 11 is 0. The summed E-state index contributed by atoms with van der Waals surface area (Å²) in [4.78, 5) is 12.2. The number of carbonyl (C=O) groups excluding carboxylic acids is 1. The zero-order valence-corrected chi connectivity index (χ0v) is 12.3. The Morgan fingerprint density at radius 2 is 1.73 bits per heavy atom. The van der Waals surface area contributed by atoms with Gasteiger partial charge in [-0.05, 0) is 30.9 Å². The quantitative estimate of drug-likeness (QED) is 0.887. The summed E-state index contributed by atoms with van der Waals surface area (Å²) in [5.74, 6) is -0.302. The highest BCUT2D eigenvalue weighted by Crippen LogP contribution is 2.41. The van der Waals surface area contributed by atoms with Gasteiger partial charge in [0, 0.05) is 12.1 Å². The Morgan fingerprint density at radius 1 is 1.05 bits per heavy atom. The monoisotopic (exact) mass is 298 g/mol. The van der Waals surface area contributed by atoms with Crippen LogP contribution in [0.25, 0.3) is 0 Å². The number of hydrogen-bond donors (Lipinski definition) is 2. The molecule has 0 aliphatic heterocycles. The molecule has 0 spiro atoms. The molecule has 0 radical (unpaired) electrons. The second kappa shape index (κ2) is 6.18. The largest absolute Gasteiger partial charge is 0.334 e. The Kier molecular flexibility index (Phi) is 4.09. The first-order chi connectivity index (χ1) is 10.7. The van der Waals surface area contributed by atoms with Gasteiger partial charge in [0.15, 0.2) is 0 Å². The van der Waals surface area contributed by atoms with E-state index in [1.54, 1.807) is 18.2 Å². The topological polar surface area (TPSA) is 41.1 Å². The van der Waals surface area contributed by atoms with Gasteiger partial charge in [-0.1, -0.05) is 48.5 Å². The summed E-state index contributed by atoms with van der Waals surface area (Å²) < 4.78 is 13.5. The van der Waals surface area contributed by atoms with Crippen molar-refractivity contribution in [3.8, 4) is 0 Å².